The number of nitrogens with one attached hydrogen (secondary N) is 1. The maximum atomic E-state index is 13.9. The maximum Gasteiger partial charge on any atom is 0.399 e. The third-order valence-corrected chi connectivity index (χ3v) is 31.8. The molecule has 0 aromatic heterocycles. The van der Waals surface area contributed by atoms with Crippen molar-refractivity contribution in [3.05, 3.63) is 264 Å². The third-order valence-electron chi connectivity index (χ3n) is 16.9. The second kappa shape index (κ2) is 50.5. The highest BCUT2D eigenvalue weighted by atomic mass is 79.9. The van der Waals surface area contributed by atoms with Crippen molar-refractivity contribution in [3.8, 4) is 0 Å². The number of hydrogen-bond acceptors (Lipinski definition) is 15. The predicted octanol–water partition coefficient (Wildman–Crippen LogP) is 23.9. The number of rotatable bonds is 37. The summed E-state index contributed by atoms with van der Waals surface area (Å²) < 4.78 is 214. The second-order valence-corrected chi connectivity index (χ2v) is 47.2. The summed E-state index contributed by atoms with van der Waals surface area (Å²) in [5.74, 6) is 6.23. The lowest BCUT2D eigenvalue weighted by Crippen LogP contribution is -2.22. The van der Waals surface area contributed by atoms with Gasteiger partial charge in [0.2, 0.25) is 5.91 Å². The molecule has 0 spiro atoms. The van der Waals surface area contributed by atoms with Gasteiger partial charge in [0.05, 0.1) is 36.4 Å². The minimum Gasteiger partial charge on any atom is -0.382 e. The molecule has 0 aliphatic rings. The van der Waals surface area contributed by atoms with E-state index in [1.807, 2.05) is 51.1 Å². The van der Waals surface area contributed by atoms with Crippen LogP contribution < -0.4 is 5.32 Å². The molecule has 21 nitrogen and oxygen atoms in total. The fourth-order valence-corrected chi connectivity index (χ4v) is 23.2. The molecular formula is C78H89Br5F10NO20P5S6. The molecule has 125 heavy (non-hydrogen) atoms. The van der Waals surface area contributed by atoms with Crippen molar-refractivity contribution in [2.24, 2.45) is 5.41 Å². The first kappa shape index (κ1) is 114. The van der Waals surface area contributed by atoms with Gasteiger partial charge in [0.25, 0.3) is 0 Å². The van der Waals surface area contributed by atoms with E-state index in [4.69, 9.17) is 58.4 Å². The van der Waals surface area contributed by atoms with Gasteiger partial charge in [-0.3, -0.25) is 36.6 Å². The highest BCUT2D eigenvalue weighted by Crippen LogP contribution is 2.65. The molecule has 0 fully saturated rings. The van der Waals surface area contributed by atoms with E-state index in [2.05, 4.69) is 118 Å². The Morgan fingerprint density at radius 3 is 1.02 bits per heavy atom. The Kier molecular flexibility index (Phi) is 46.2. The number of alkyl halides is 10. The first-order chi connectivity index (χ1) is 57.5. The lowest BCUT2D eigenvalue weighted by atomic mass is 9.92. The minimum absolute atomic E-state index is 0.00776. The molecule has 47 heteroatoms. The highest BCUT2D eigenvalue weighted by Gasteiger charge is 2.55. The number of Topliss-reactive ketones (excluding diaryl/α,β-unsaturated/α-hetero) is 1. The molecule has 11 N–H and O–H groups in total. The zero-order chi connectivity index (χ0) is 94.9. The van der Waals surface area contributed by atoms with Crippen LogP contribution in [-0.2, 0) is 121 Å². The number of benzene rings is 8. The van der Waals surface area contributed by atoms with Crippen LogP contribution in [-0.4, -0.2) is 115 Å². The number of carbonyl (C=O) groups is 2. The topological polar surface area (TPSA) is 369 Å². The van der Waals surface area contributed by atoms with Crippen molar-refractivity contribution < 1.29 is 139 Å². The Hall–Kier alpha value is -2.83. The average Bonchev–Trinajstić information content (AvgIpc) is 0.801. The number of aryl methyl sites for hydroxylation is 3. The van der Waals surface area contributed by atoms with Gasteiger partial charge in [0, 0.05) is 138 Å². The molecule has 8 aromatic carbocycles. The first-order valence-corrected chi connectivity index (χ1v) is 55.1. The Bertz CT molecular complexity index is 5210. The zero-order valence-corrected chi connectivity index (χ0v) is 84.6. The van der Waals surface area contributed by atoms with Gasteiger partial charge in [-0.15, -0.1) is 11.8 Å². The molecular weight excluding hydrogens is 2210 g/mol. The van der Waals surface area contributed by atoms with Gasteiger partial charge in [-0.1, -0.05) is 209 Å². The number of carbonyl (C=O) groups excluding carboxylic acids is 2. The summed E-state index contributed by atoms with van der Waals surface area (Å²) in [6.07, 6.45) is 0. The van der Waals surface area contributed by atoms with Crippen molar-refractivity contribution in [3.63, 3.8) is 0 Å². The van der Waals surface area contributed by atoms with Crippen molar-refractivity contribution in [2.75, 3.05) is 55.3 Å². The maximum absolute atomic E-state index is 13.9. The van der Waals surface area contributed by atoms with E-state index < -0.39 is 110 Å². The van der Waals surface area contributed by atoms with E-state index in [1.54, 1.807) is 66.7 Å². The molecule has 0 aliphatic carbocycles. The average molecular weight is 2300 g/mol. The molecule has 8 aromatic rings. The summed E-state index contributed by atoms with van der Waals surface area (Å²) in [5.41, 5.74) is -14.9. The normalized spacial score (nSPS) is 12.8. The quantitative estimate of drug-likeness (QED) is 0.00978. The summed E-state index contributed by atoms with van der Waals surface area (Å²) in [6.45, 7) is 14.7. The molecule has 0 saturated carbocycles. The molecule has 0 heterocycles. The van der Waals surface area contributed by atoms with E-state index >= 15 is 0 Å². The van der Waals surface area contributed by atoms with Gasteiger partial charge in [-0.25, -0.2) is 0 Å². The van der Waals surface area contributed by atoms with Gasteiger partial charge < -0.3 is 63.7 Å². The molecule has 1 unspecified atom stereocenters. The van der Waals surface area contributed by atoms with E-state index in [0.717, 1.165) is 74.6 Å². The van der Waals surface area contributed by atoms with Crippen molar-refractivity contribution >= 4 is 205 Å². The number of halogens is 15. The highest BCUT2D eigenvalue weighted by molar-refractivity contribution is 9.11. The molecule has 1 amide bonds. The Morgan fingerprint density at radius 1 is 0.408 bits per heavy atom. The number of anilines is 1. The number of ketones is 1. The van der Waals surface area contributed by atoms with E-state index in [0.29, 0.717) is 82.8 Å². The van der Waals surface area contributed by atoms with Crippen LogP contribution in [0.3, 0.4) is 0 Å². The van der Waals surface area contributed by atoms with Crippen LogP contribution in [0.2, 0.25) is 0 Å². The van der Waals surface area contributed by atoms with Crippen LogP contribution in [0.5, 0.6) is 0 Å². The molecule has 1 atom stereocenters. The zero-order valence-electron chi connectivity index (χ0n) is 67.3. The Labute approximate surface area is 782 Å². The second-order valence-electron chi connectivity index (χ2n) is 28.0. The third kappa shape index (κ3) is 35.8. The van der Waals surface area contributed by atoms with E-state index in [1.165, 1.54) is 113 Å². The molecule has 0 aliphatic heterocycles. The predicted molar refractivity (Wildman–Crippen MR) is 495 cm³/mol. The van der Waals surface area contributed by atoms with Gasteiger partial charge in [-0.05, 0) is 125 Å². The van der Waals surface area contributed by atoms with Gasteiger partial charge in [0.1, 0.15) is 5.78 Å². The summed E-state index contributed by atoms with van der Waals surface area (Å²) in [5, 5.41) is 2.68. The molecule has 8 rings (SSSR count). The summed E-state index contributed by atoms with van der Waals surface area (Å²) >= 11 is 22.5. The van der Waals surface area contributed by atoms with Crippen LogP contribution in [0.4, 0.5) is 49.6 Å². The van der Waals surface area contributed by atoms with Crippen molar-refractivity contribution in [1.82, 2.24) is 0 Å². The number of methoxy groups -OCH3 is 1. The molecule has 692 valence electrons. The van der Waals surface area contributed by atoms with Gasteiger partial charge in [0.15, 0.2) is 0 Å². The Morgan fingerprint density at radius 2 is 0.712 bits per heavy atom. The van der Waals surface area contributed by atoms with Gasteiger partial charge in [-0.2, -0.15) is 91.0 Å². The summed E-state index contributed by atoms with van der Waals surface area (Å²) in [6, 6.07) is 40.2. The minimum atomic E-state index is -5.60. The summed E-state index contributed by atoms with van der Waals surface area (Å²) in [7, 11) is -27.4. The number of hydrogen-bond donors (Lipinski definition) is 11. The first-order valence-electron chi connectivity index (χ1n) is 36.0. The lowest BCUT2D eigenvalue weighted by molar-refractivity contribution is -0.123. The monoisotopic (exact) mass is 2290 g/mol. The largest absolute Gasteiger partial charge is 0.399 e. The van der Waals surface area contributed by atoms with Crippen LogP contribution in [0, 0.1) is 26.2 Å². The SMILES string of the molecule is CC(=O)Nc1ccc(CSCc2ccc(C(F)(F)P(=O)(O)O)c(Br)c2)cc1.CC(C)(C)C(=O)CSCc1ccc(C(F)(F)P(=O)(O)O)c(Br)c1.COCCOCCSCc1ccc(C(F)(F)P(=O)(O)O)c(Br)c1.Cc1cc(C)c(CSCc2ccc(C(F)(F)P(=O)(O)O)c(Br)c2)c(C)c1.O=S(CCSCc1ccc(C(F)(F)P(=O)(O)O)c(Br)c1)c1ccccc1. The van der Waals surface area contributed by atoms with Crippen LogP contribution in [0.15, 0.2) is 185 Å². The van der Waals surface area contributed by atoms with Crippen molar-refractivity contribution in [1.29, 1.82) is 0 Å². The molecule has 0 radical (unpaired) electrons. The summed E-state index contributed by atoms with van der Waals surface area (Å²) in [4.78, 5) is 112. The number of ether oxygens (including phenoxy) is 2. The standard InChI is InChI=1S/C18H20BrF2O3PS.C17H17BrF2NO4PS.C16H16BrF2O4PS2.C14H18BrF2O4PS.C13H18BrF2O5PS/c1-11-6-12(2)15(13(3)7-11)10-26-9-14-4-5-16(17(19)8-14)18(20,21)25(22,23)24;1-11(22)21-14-5-2-12(3-6-14)9-27-10-13-4-7-15(16(18)8-13)17(19,20)26(23,24)25;17-15-10-12(6-7-14(15)16(18,19)24(20,21)22)11-25-8-9-26(23)13-4-2-1-3-5-13;1-13(2,3)12(18)8-23-7-9-4-5-10(11(15)6-9)14(16,17)22(19,20)21;1-20-4-5-21-6-7-23-9-10-2-3-11(12(14)8-10)13(15,16)22(17,18)19/h4-8H,9-10H2,1-3H3,(H2,22,23,24);2-8H,9-10H2,1H3,(H,21,22)(H2,23,24,25);1-7,10H,8-9,11H2,(H2,20,21,22);4-6H,7-8H2,1-3H3,(H2,19,20,21);2-3,8H,4-7,9H2,1H3,(H2,17,18,19). The number of amides is 1. The lowest BCUT2D eigenvalue weighted by Gasteiger charge is -2.19. The smallest absolute Gasteiger partial charge is 0.382 e. The number of thioether (sulfide) groups is 5. The van der Waals surface area contributed by atoms with Gasteiger partial charge >= 0.3 is 66.3 Å². The van der Waals surface area contributed by atoms with E-state index in [-0.39, 0.29) is 34.1 Å². The Balaban J connectivity index is 0.000000328. The van der Waals surface area contributed by atoms with Crippen LogP contribution >= 0.6 is 176 Å². The van der Waals surface area contributed by atoms with Crippen LogP contribution in [0.25, 0.3) is 0 Å². The fourth-order valence-electron chi connectivity index (χ4n) is 10.2. The fraction of sp³-hybridized carbons (Fsp3) is 0.359. The molecule has 0 bridgehead atoms. The van der Waals surface area contributed by atoms with Crippen LogP contribution in [0.1, 0.15) is 111 Å². The molecule has 0 saturated heterocycles. The van der Waals surface area contributed by atoms with Crippen molar-refractivity contribution in [2.45, 2.75) is 122 Å². The van der Waals surface area contributed by atoms with E-state index in [9.17, 15) is 80.5 Å².